The second-order valence-electron chi connectivity index (χ2n) is 3.88. The molecule has 96 valence electrons. The van der Waals surface area contributed by atoms with Crippen LogP contribution in [0.4, 0.5) is 0 Å². The maximum Gasteiger partial charge on any atom is 0.254 e. The van der Waals surface area contributed by atoms with Gasteiger partial charge in [0.1, 0.15) is 12.0 Å². The maximum atomic E-state index is 11.7. The van der Waals surface area contributed by atoms with Crippen molar-refractivity contribution in [3.05, 3.63) is 42.1 Å². The highest BCUT2D eigenvalue weighted by atomic mass is 16.3. The molecular formula is C12H16N4O2. The molecule has 6 nitrogen and oxygen atoms in total. The summed E-state index contributed by atoms with van der Waals surface area (Å²) in [6.07, 6.45) is 5.88. The number of rotatable bonds is 6. The summed E-state index contributed by atoms with van der Waals surface area (Å²) in [7, 11) is 0. The maximum absolute atomic E-state index is 11.7. The zero-order valence-corrected chi connectivity index (χ0v) is 10.0. The minimum atomic E-state index is -0.140. The van der Waals surface area contributed by atoms with Crippen LogP contribution >= 0.6 is 0 Å². The number of nitrogens with zero attached hydrogens (tertiary/aromatic N) is 2. The van der Waals surface area contributed by atoms with Crippen LogP contribution in [0.5, 0.6) is 0 Å². The number of carbonyl (C=O) groups excluding carboxylic acids is 1. The van der Waals surface area contributed by atoms with Gasteiger partial charge >= 0.3 is 0 Å². The number of nitrogens with two attached hydrogens (primary N) is 1. The Labute approximate surface area is 105 Å². The first-order chi connectivity index (χ1) is 8.79. The Hall–Kier alpha value is -2.08. The van der Waals surface area contributed by atoms with E-state index in [0.29, 0.717) is 24.4 Å². The molecule has 0 aliphatic rings. The summed E-state index contributed by atoms with van der Waals surface area (Å²) in [5.41, 5.74) is 5.91. The Morgan fingerprint density at radius 3 is 3.11 bits per heavy atom. The Morgan fingerprint density at radius 1 is 1.56 bits per heavy atom. The lowest BCUT2D eigenvalue weighted by Gasteiger charge is -2.03. The zero-order chi connectivity index (χ0) is 12.8. The highest BCUT2D eigenvalue weighted by Crippen LogP contribution is 2.06. The number of nitrogens with one attached hydrogen (secondary N) is 1. The predicted molar refractivity (Wildman–Crippen MR) is 65.8 cm³/mol. The second kappa shape index (κ2) is 6.02. The minimum Gasteiger partial charge on any atom is -0.467 e. The molecule has 0 atom stereocenters. The first-order valence-corrected chi connectivity index (χ1v) is 5.82. The molecule has 0 aliphatic heterocycles. The number of aromatic nitrogens is 2. The van der Waals surface area contributed by atoms with Crippen LogP contribution in [0.25, 0.3) is 0 Å². The third-order valence-electron chi connectivity index (χ3n) is 2.53. The molecule has 2 rings (SSSR count). The van der Waals surface area contributed by atoms with Crippen molar-refractivity contribution in [1.29, 1.82) is 0 Å². The van der Waals surface area contributed by atoms with Crippen molar-refractivity contribution in [2.45, 2.75) is 19.5 Å². The van der Waals surface area contributed by atoms with Crippen molar-refractivity contribution in [2.75, 3.05) is 6.54 Å². The molecule has 18 heavy (non-hydrogen) atoms. The van der Waals surface area contributed by atoms with Crippen LogP contribution in [0.3, 0.4) is 0 Å². The van der Waals surface area contributed by atoms with Crippen LogP contribution in [0, 0.1) is 0 Å². The van der Waals surface area contributed by atoms with Crippen molar-refractivity contribution >= 4 is 5.91 Å². The molecule has 2 aromatic rings. The third-order valence-corrected chi connectivity index (χ3v) is 2.53. The summed E-state index contributed by atoms with van der Waals surface area (Å²) < 4.78 is 6.93. The van der Waals surface area contributed by atoms with Gasteiger partial charge in [0.15, 0.2) is 0 Å². The van der Waals surface area contributed by atoms with E-state index in [9.17, 15) is 4.79 Å². The molecule has 6 heteroatoms. The van der Waals surface area contributed by atoms with Gasteiger partial charge in [-0.05, 0) is 18.6 Å². The van der Waals surface area contributed by atoms with Crippen molar-refractivity contribution in [2.24, 2.45) is 5.73 Å². The van der Waals surface area contributed by atoms with Crippen molar-refractivity contribution < 1.29 is 9.21 Å². The van der Waals surface area contributed by atoms with Crippen LogP contribution in [-0.4, -0.2) is 22.2 Å². The van der Waals surface area contributed by atoms with Gasteiger partial charge in [0, 0.05) is 25.5 Å². The molecular weight excluding hydrogens is 232 g/mol. The van der Waals surface area contributed by atoms with Crippen LogP contribution in [-0.2, 0) is 13.1 Å². The lowest BCUT2D eigenvalue weighted by atomic mass is 10.3. The average Bonchev–Trinajstić information content (AvgIpc) is 3.05. The van der Waals surface area contributed by atoms with Gasteiger partial charge in [-0.25, -0.2) is 0 Å². The molecule has 3 N–H and O–H groups in total. The van der Waals surface area contributed by atoms with Gasteiger partial charge in [-0.3, -0.25) is 9.48 Å². The molecule has 1 amide bonds. The van der Waals surface area contributed by atoms with E-state index in [1.807, 2.05) is 16.9 Å². The highest BCUT2D eigenvalue weighted by molar-refractivity contribution is 5.93. The molecule has 0 fully saturated rings. The van der Waals surface area contributed by atoms with E-state index >= 15 is 0 Å². The summed E-state index contributed by atoms with van der Waals surface area (Å²) in [6.45, 7) is 1.68. The second-order valence-corrected chi connectivity index (χ2v) is 3.88. The fourth-order valence-electron chi connectivity index (χ4n) is 1.58. The standard InChI is InChI=1S/C12H16N4O2/c13-8-11-7-10(9-18-11)12(17)14-3-1-5-16-6-2-4-15-16/h2,4,6-7,9H,1,3,5,8,13H2,(H,14,17). The Morgan fingerprint density at radius 2 is 2.44 bits per heavy atom. The Bertz CT molecular complexity index is 490. The molecule has 0 saturated carbocycles. The molecule has 0 bridgehead atoms. The molecule has 0 radical (unpaired) electrons. The highest BCUT2D eigenvalue weighted by Gasteiger charge is 2.08. The third kappa shape index (κ3) is 3.21. The number of furan rings is 1. The SMILES string of the molecule is NCc1cc(C(=O)NCCCn2cccn2)co1. The topological polar surface area (TPSA) is 86.1 Å². The van der Waals surface area contributed by atoms with Crippen LogP contribution < -0.4 is 11.1 Å². The quantitative estimate of drug-likeness (QED) is 0.739. The molecule has 0 aromatic carbocycles. The zero-order valence-electron chi connectivity index (χ0n) is 10.0. The van der Waals surface area contributed by atoms with Gasteiger partial charge in [0.05, 0.1) is 12.1 Å². The molecule has 0 spiro atoms. The summed E-state index contributed by atoms with van der Waals surface area (Å²) >= 11 is 0. The van der Waals surface area contributed by atoms with Gasteiger partial charge in [-0.1, -0.05) is 0 Å². The lowest BCUT2D eigenvalue weighted by molar-refractivity contribution is 0.0952. The first-order valence-electron chi connectivity index (χ1n) is 5.82. The van der Waals surface area contributed by atoms with E-state index in [1.54, 1.807) is 12.3 Å². The fourth-order valence-corrected chi connectivity index (χ4v) is 1.58. The van der Waals surface area contributed by atoms with Gasteiger partial charge in [0.25, 0.3) is 5.91 Å². The van der Waals surface area contributed by atoms with Crippen molar-refractivity contribution in [3.8, 4) is 0 Å². The number of hydrogen-bond donors (Lipinski definition) is 2. The smallest absolute Gasteiger partial charge is 0.254 e. The Kier molecular flexibility index (Phi) is 4.14. The average molecular weight is 248 g/mol. The largest absolute Gasteiger partial charge is 0.467 e. The normalized spacial score (nSPS) is 10.5. The summed E-state index contributed by atoms with van der Waals surface area (Å²) in [5.74, 6) is 0.468. The fraction of sp³-hybridized carbons (Fsp3) is 0.333. The number of carbonyl (C=O) groups is 1. The van der Waals surface area contributed by atoms with Crippen LogP contribution in [0.1, 0.15) is 22.5 Å². The van der Waals surface area contributed by atoms with Gasteiger partial charge in [0.2, 0.25) is 0 Å². The Balaban J connectivity index is 1.71. The number of hydrogen-bond acceptors (Lipinski definition) is 4. The van der Waals surface area contributed by atoms with Gasteiger partial charge < -0.3 is 15.5 Å². The molecule has 0 aliphatic carbocycles. The summed E-state index contributed by atoms with van der Waals surface area (Å²) in [6, 6.07) is 3.53. The first kappa shape index (κ1) is 12.4. The van der Waals surface area contributed by atoms with Crippen molar-refractivity contribution in [1.82, 2.24) is 15.1 Å². The van der Waals surface area contributed by atoms with E-state index in [0.717, 1.165) is 13.0 Å². The monoisotopic (exact) mass is 248 g/mol. The van der Waals surface area contributed by atoms with E-state index < -0.39 is 0 Å². The van der Waals surface area contributed by atoms with Crippen LogP contribution in [0.2, 0.25) is 0 Å². The molecule has 2 heterocycles. The summed E-state index contributed by atoms with van der Waals surface area (Å²) in [5, 5.41) is 6.90. The molecule has 0 unspecified atom stereocenters. The van der Waals surface area contributed by atoms with Crippen molar-refractivity contribution in [3.63, 3.8) is 0 Å². The number of amides is 1. The van der Waals surface area contributed by atoms with E-state index in [-0.39, 0.29) is 5.91 Å². The minimum absolute atomic E-state index is 0.140. The summed E-state index contributed by atoms with van der Waals surface area (Å²) in [4.78, 5) is 11.7. The van der Waals surface area contributed by atoms with Crippen LogP contribution in [0.15, 0.2) is 35.2 Å². The number of aryl methyl sites for hydroxylation is 1. The van der Waals surface area contributed by atoms with E-state index in [1.165, 1.54) is 6.26 Å². The van der Waals surface area contributed by atoms with E-state index in [2.05, 4.69) is 10.4 Å². The molecule has 2 aromatic heterocycles. The predicted octanol–water partition coefficient (Wildman–Crippen LogP) is 0.755. The lowest BCUT2D eigenvalue weighted by Crippen LogP contribution is -2.24. The van der Waals surface area contributed by atoms with Gasteiger partial charge in [-0.15, -0.1) is 0 Å². The molecule has 0 saturated heterocycles. The van der Waals surface area contributed by atoms with Gasteiger partial charge in [-0.2, -0.15) is 5.10 Å². The van der Waals surface area contributed by atoms with E-state index in [4.69, 9.17) is 10.2 Å².